The molecular formula is C24H18N4O2S. The monoisotopic (exact) mass is 426 g/mol. The second-order valence-corrected chi connectivity index (χ2v) is 7.72. The number of aromatic nitrogens is 4. The van der Waals surface area contributed by atoms with Gasteiger partial charge >= 0.3 is 0 Å². The molecular weight excluding hydrogens is 408 g/mol. The Bertz CT molecular complexity index is 1480. The van der Waals surface area contributed by atoms with Crippen LogP contribution in [-0.2, 0) is 0 Å². The van der Waals surface area contributed by atoms with Gasteiger partial charge in [-0.2, -0.15) is 0 Å². The Kier molecular flexibility index (Phi) is 4.88. The number of rotatable bonds is 4. The lowest BCUT2D eigenvalue weighted by atomic mass is 10.0. The first kappa shape index (κ1) is 19.3. The quantitative estimate of drug-likeness (QED) is 0.306. The second kappa shape index (κ2) is 7.85. The number of benzene rings is 2. The lowest BCUT2D eigenvalue weighted by Gasteiger charge is -2.13. The van der Waals surface area contributed by atoms with Crippen LogP contribution in [-0.4, -0.2) is 32.9 Å². The smallest absolute Gasteiger partial charge is 0.265 e. The molecule has 3 heterocycles. The highest BCUT2D eigenvalue weighted by atomic mass is 32.2. The summed E-state index contributed by atoms with van der Waals surface area (Å²) in [5.41, 5.74) is 3.43. The number of fused-ring (bicyclic) bond motifs is 2. The number of hydrogen-bond donors (Lipinski definition) is 0. The number of hydrogen-bond acceptors (Lipinski definition) is 6. The third-order valence-corrected chi connectivity index (χ3v) is 5.72. The van der Waals surface area contributed by atoms with Gasteiger partial charge in [-0.05, 0) is 48.2 Å². The summed E-state index contributed by atoms with van der Waals surface area (Å²) in [5, 5.41) is 2.37. The highest BCUT2D eigenvalue weighted by Gasteiger charge is 2.16. The van der Waals surface area contributed by atoms with Crippen molar-refractivity contribution >= 4 is 33.6 Å². The summed E-state index contributed by atoms with van der Waals surface area (Å²) in [5.74, 6) is 0.728. The van der Waals surface area contributed by atoms with Crippen molar-refractivity contribution in [3.63, 3.8) is 0 Å². The van der Waals surface area contributed by atoms with E-state index >= 15 is 0 Å². The van der Waals surface area contributed by atoms with Crippen LogP contribution in [0.5, 0.6) is 5.75 Å². The molecule has 0 amide bonds. The average molecular weight is 427 g/mol. The van der Waals surface area contributed by atoms with E-state index in [0.29, 0.717) is 16.2 Å². The number of pyridine rings is 2. The van der Waals surface area contributed by atoms with Crippen LogP contribution in [0.25, 0.3) is 38.6 Å². The van der Waals surface area contributed by atoms with E-state index in [-0.39, 0.29) is 5.56 Å². The Labute approximate surface area is 182 Å². The van der Waals surface area contributed by atoms with Gasteiger partial charge in [0, 0.05) is 35.1 Å². The van der Waals surface area contributed by atoms with E-state index in [4.69, 9.17) is 4.74 Å². The van der Waals surface area contributed by atoms with Crippen molar-refractivity contribution in [3.05, 3.63) is 83.5 Å². The lowest BCUT2D eigenvalue weighted by molar-refractivity contribution is 0.415. The molecule has 0 atom stereocenters. The van der Waals surface area contributed by atoms with E-state index in [9.17, 15) is 4.79 Å². The topological polar surface area (TPSA) is 69.9 Å². The number of ether oxygens (including phenoxy) is 1. The standard InChI is InChI=1S/C24H18N4O2S/c1-30-19-8-5-15(6-9-19)21-22-17(13-26-24(27-22)31-2)14-28(23(21)29)18-7-10-20-16(12-18)4-3-11-25-20/h3-14H,1-2H3. The fourth-order valence-electron chi connectivity index (χ4n) is 3.61. The zero-order chi connectivity index (χ0) is 21.4. The van der Waals surface area contributed by atoms with E-state index in [1.54, 1.807) is 30.3 Å². The summed E-state index contributed by atoms with van der Waals surface area (Å²) in [6.07, 6.45) is 7.23. The van der Waals surface area contributed by atoms with Gasteiger partial charge in [0.1, 0.15) is 5.75 Å². The Morgan fingerprint density at radius 3 is 2.61 bits per heavy atom. The summed E-state index contributed by atoms with van der Waals surface area (Å²) >= 11 is 1.44. The number of nitrogens with zero attached hydrogens (tertiary/aromatic N) is 4. The molecule has 0 fully saturated rings. The zero-order valence-corrected chi connectivity index (χ0v) is 17.8. The molecule has 0 saturated heterocycles. The van der Waals surface area contributed by atoms with E-state index in [0.717, 1.165) is 33.3 Å². The molecule has 3 aromatic heterocycles. The first-order chi connectivity index (χ1) is 15.2. The SMILES string of the molecule is COc1ccc(-c2c(=O)n(-c3ccc4ncccc4c3)cc3cnc(SC)nc23)cc1. The molecule has 2 aromatic carbocycles. The highest BCUT2D eigenvalue weighted by Crippen LogP contribution is 2.28. The third-order valence-electron chi connectivity index (χ3n) is 5.16. The Morgan fingerprint density at radius 2 is 1.84 bits per heavy atom. The molecule has 0 spiro atoms. The van der Waals surface area contributed by atoms with Crippen molar-refractivity contribution in [2.75, 3.05) is 13.4 Å². The number of thioether (sulfide) groups is 1. The van der Waals surface area contributed by atoms with Crippen LogP contribution in [0.1, 0.15) is 0 Å². The van der Waals surface area contributed by atoms with Crippen LogP contribution in [0.3, 0.4) is 0 Å². The van der Waals surface area contributed by atoms with E-state index in [1.165, 1.54) is 11.8 Å². The molecule has 0 N–H and O–H groups in total. The first-order valence-corrected chi connectivity index (χ1v) is 10.9. The zero-order valence-electron chi connectivity index (χ0n) is 16.9. The third kappa shape index (κ3) is 3.43. The Hall–Kier alpha value is -3.71. The summed E-state index contributed by atoms with van der Waals surface area (Å²) in [7, 11) is 1.62. The minimum absolute atomic E-state index is 0.147. The molecule has 7 heteroatoms. The second-order valence-electron chi connectivity index (χ2n) is 6.95. The van der Waals surface area contributed by atoms with Crippen LogP contribution >= 0.6 is 11.8 Å². The molecule has 0 radical (unpaired) electrons. The van der Waals surface area contributed by atoms with Gasteiger partial charge in [0.05, 0.1) is 23.7 Å². The minimum Gasteiger partial charge on any atom is -0.497 e. The van der Waals surface area contributed by atoms with Crippen LogP contribution < -0.4 is 10.3 Å². The molecule has 0 unspecified atom stereocenters. The maximum absolute atomic E-state index is 13.7. The molecule has 0 saturated carbocycles. The van der Waals surface area contributed by atoms with Gasteiger partial charge in [0.15, 0.2) is 5.16 Å². The summed E-state index contributed by atoms with van der Waals surface area (Å²) in [6, 6.07) is 17.1. The largest absolute Gasteiger partial charge is 0.497 e. The van der Waals surface area contributed by atoms with Gasteiger partial charge in [-0.15, -0.1) is 0 Å². The van der Waals surface area contributed by atoms with Gasteiger partial charge in [-0.1, -0.05) is 30.0 Å². The van der Waals surface area contributed by atoms with Crippen LogP contribution in [0.15, 0.2) is 83.1 Å². The first-order valence-electron chi connectivity index (χ1n) is 9.64. The summed E-state index contributed by atoms with van der Waals surface area (Å²) in [4.78, 5) is 27.2. The maximum atomic E-state index is 13.7. The minimum atomic E-state index is -0.147. The van der Waals surface area contributed by atoms with Gasteiger partial charge in [0.25, 0.3) is 5.56 Å². The van der Waals surface area contributed by atoms with E-state index in [1.807, 2.05) is 60.9 Å². The predicted octanol–water partition coefficient (Wildman–Crippen LogP) is 4.73. The molecule has 5 rings (SSSR count). The predicted molar refractivity (Wildman–Crippen MR) is 124 cm³/mol. The molecule has 0 aliphatic rings. The maximum Gasteiger partial charge on any atom is 0.265 e. The molecule has 0 aliphatic heterocycles. The lowest BCUT2D eigenvalue weighted by Crippen LogP contribution is -2.20. The normalized spacial score (nSPS) is 11.2. The van der Waals surface area contributed by atoms with Crippen molar-refractivity contribution in [2.24, 2.45) is 0 Å². The average Bonchev–Trinajstić information content (AvgIpc) is 2.83. The molecule has 152 valence electrons. The Balaban J connectivity index is 1.81. The summed E-state index contributed by atoms with van der Waals surface area (Å²) < 4.78 is 6.92. The Morgan fingerprint density at radius 1 is 1.00 bits per heavy atom. The number of methoxy groups -OCH3 is 1. The van der Waals surface area contributed by atoms with Crippen LogP contribution in [0.4, 0.5) is 0 Å². The van der Waals surface area contributed by atoms with Crippen molar-refractivity contribution < 1.29 is 4.74 Å². The van der Waals surface area contributed by atoms with Crippen molar-refractivity contribution in [3.8, 4) is 22.6 Å². The summed E-state index contributed by atoms with van der Waals surface area (Å²) in [6.45, 7) is 0. The van der Waals surface area contributed by atoms with Crippen molar-refractivity contribution in [1.29, 1.82) is 0 Å². The molecule has 6 nitrogen and oxygen atoms in total. The van der Waals surface area contributed by atoms with Crippen LogP contribution in [0, 0.1) is 0 Å². The van der Waals surface area contributed by atoms with Crippen molar-refractivity contribution in [1.82, 2.24) is 19.5 Å². The fourth-order valence-corrected chi connectivity index (χ4v) is 3.95. The molecule has 5 aromatic rings. The van der Waals surface area contributed by atoms with Gasteiger partial charge in [0.2, 0.25) is 0 Å². The van der Waals surface area contributed by atoms with E-state index in [2.05, 4.69) is 15.0 Å². The van der Waals surface area contributed by atoms with Crippen LogP contribution in [0.2, 0.25) is 0 Å². The molecule has 31 heavy (non-hydrogen) atoms. The van der Waals surface area contributed by atoms with Gasteiger partial charge in [-0.3, -0.25) is 14.3 Å². The molecule has 0 aliphatic carbocycles. The highest BCUT2D eigenvalue weighted by molar-refractivity contribution is 7.98. The van der Waals surface area contributed by atoms with Crippen molar-refractivity contribution in [2.45, 2.75) is 5.16 Å². The van der Waals surface area contributed by atoms with Gasteiger partial charge in [-0.25, -0.2) is 9.97 Å². The fraction of sp³-hybridized carbons (Fsp3) is 0.0833. The van der Waals surface area contributed by atoms with Gasteiger partial charge < -0.3 is 4.74 Å². The van der Waals surface area contributed by atoms with E-state index < -0.39 is 0 Å². The molecule has 0 bridgehead atoms.